The van der Waals surface area contributed by atoms with Crippen molar-refractivity contribution in [3.05, 3.63) is 113 Å². The molecule has 1 unspecified atom stereocenters. The first kappa shape index (κ1) is 17.7. The van der Waals surface area contributed by atoms with Crippen LogP contribution >= 0.6 is 0 Å². The number of carbonyl (C=O) groups is 1. The third kappa shape index (κ3) is 4.10. The number of halogens is 2. The third-order valence-corrected chi connectivity index (χ3v) is 3.97. The number of Topliss-reactive ketones (excluding diaryl/α,β-unsaturated/α-hetero) is 1. The van der Waals surface area contributed by atoms with Gasteiger partial charge < -0.3 is 5.11 Å². The molecule has 0 bridgehead atoms. The second kappa shape index (κ2) is 7.85. The molecule has 1 atom stereocenters. The number of aliphatic hydroxyl groups is 1. The Balaban J connectivity index is 2.04. The lowest BCUT2D eigenvalue weighted by Crippen LogP contribution is -2.12. The maximum absolute atomic E-state index is 13.2. The molecule has 0 heterocycles. The monoisotopic (exact) mass is 350 g/mol. The van der Waals surface area contributed by atoms with Crippen LogP contribution in [-0.2, 0) is 0 Å². The van der Waals surface area contributed by atoms with Gasteiger partial charge in [-0.15, -0.1) is 0 Å². The fourth-order valence-electron chi connectivity index (χ4n) is 2.59. The van der Waals surface area contributed by atoms with Crippen LogP contribution < -0.4 is 0 Å². The van der Waals surface area contributed by atoms with E-state index in [2.05, 4.69) is 0 Å². The molecule has 0 aliphatic heterocycles. The van der Waals surface area contributed by atoms with Crippen molar-refractivity contribution in [1.82, 2.24) is 0 Å². The van der Waals surface area contributed by atoms with E-state index in [-0.39, 0.29) is 11.1 Å². The highest BCUT2D eigenvalue weighted by Gasteiger charge is 2.22. The highest BCUT2D eigenvalue weighted by molar-refractivity contribution is 6.12. The molecule has 0 aliphatic rings. The molecule has 3 aromatic carbocycles. The van der Waals surface area contributed by atoms with Gasteiger partial charge >= 0.3 is 0 Å². The third-order valence-electron chi connectivity index (χ3n) is 3.97. The molecular weight excluding hydrogens is 334 g/mol. The Hall–Kier alpha value is -3.11. The van der Waals surface area contributed by atoms with Gasteiger partial charge in [-0.2, -0.15) is 0 Å². The van der Waals surface area contributed by atoms with Crippen molar-refractivity contribution < 1.29 is 18.7 Å². The summed E-state index contributed by atoms with van der Waals surface area (Å²) in [6.45, 7) is 0. The molecule has 0 saturated heterocycles. The van der Waals surface area contributed by atoms with Crippen molar-refractivity contribution >= 4 is 11.9 Å². The molecule has 26 heavy (non-hydrogen) atoms. The zero-order chi connectivity index (χ0) is 18.5. The van der Waals surface area contributed by atoms with Gasteiger partial charge in [0.25, 0.3) is 0 Å². The average Bonchev–Trinajstić information content (AvgIpc) is 2.67. The molecule has 0 spiro atoms. The second-order valence-electron chi connectivity index (χ2n) is 5.80. The average molecular weight is 350 g/mol. The topological polar surface area (TPSA) is 37.3 Å². The molecule has 0 fully saturated rings. The van der Waals surface area contributed by atoms with E-state index in [1.165, 1.54) is 48.5 Å². The summed E-state index contributed by atoms with van der Waals surface area (Å²) in [5.74, 6) is -1.31. The Morgan fingerprint density at radius 2 is 1.35 bits per heavy atom. The fraction of sp³-hybridized carbons (Fsp3) is 0.0455. The van der Waals surface area contributed by atoms with Crippen molar-refractivity contribution in [2.45, 2.75) is 6.10 Å². The van der Waals surface area contributed by atoms with Gasteiger partial charge in [-0.1, -0.05) is 42.5 Å². The van der Waals surface area contributed by atoms with E-state index in [4.69, 9.17) is 0 Å². The zero-order valence-electron chi connectivity index (χ0n) is 13.8. The lowest BCUT2D eigenvalue weighted by atomic mass is 9.92. The van der Waals surface area contributed by atoms with Crippen LogP contribution in [0.25, 0.3) is 6.08 Å². The van der Waals surface area contributed by atoms with Crippen LogP contribution in [-0.4, -0.2) is 10.9 Å². The molecule has 0 saturated carbocycles. The summed E-state index contributed by atoms with van der Waals surface area (Å²) in [5.41, 5.74) is 1.51. The van der Waals surface area contributed by atoms with Crippen molar-refractivity contribution in [3.8, 4) is 0 Å². The van der Waals surface area contributed by atoms with Gasteiger partial charge in [0.05, 0.1) is 0 Å². The van der Waals surface area contributed by atoms with E-state index in [1.54, 1.807) is 18.2 Å². The summed E-state index contributed by atoms with van der Waals surface area (Å²) in [5, 5.41) is 10.7. The zero-order valence-corrected chi connectivity index (χ0v) is 13.8. The van der Waals surface area contributed by atoms with Crippen LogP contribution in [0.3, 0.4) is 0 Å². The Kier molecular flexibility index (Phi) is 5.34. The van der Waals surface area contributed by atoms with Gasteiger partial charge in [-0.3, -0.25) is 4.79 Å². The Morgan fingerprint density at radius 3 is 1.92 bits per heavy atom. The lowest BCUT2D eigenvalue weighted by Gasteiger charge is -2.15. The minimum Gasteiger partial charge on any atom is -0.384 e. The first-order valence-electron chi connectivity index (χ1n) is 8.05. The molecule has 3 aromatic rings. The highest BCUT2D eigenvalue weighted by Crippen LogP contribution is 2.27. The fourth-order valence-corrected chi connectivity index (χ4v) is 2.59. The summed E-state index contributed by atoms with van der Waals surface area (Å²) in [6.07, 6.45) is 0.341. The predicted molar refractivity (Wildman–Crippen MR) is 96.5 cm³/mol. The van der Waals surface area contributed by atoms with Crippen molar-refractivity contribution in [1.29, 1.82) is 0 Å². The highest BCUT2D eigenvalue weighted by atomic mass is 19.1. The summed E-state index contributed by atoms with van der Waals surface area (Å²) in [4.78, 5) is 12.9. The van der Waals surface area contributed by atoms with Gasteiger partial charge in [0, 0.05) is 11.1 Å². The van der Waals surface area contributed by atoms with E-state index in [0.29, 0.717) is 5.56 Å². The number of benzene rings is 3. The standard InChI is InChI=1S/C22H16F2O2/c23-18-10-6-16(7-11-18)21(25)20(14-15-4-2-1-3-5-15)22(26)17-8-12-19(24)13-9-17/h1-14,21,25H/b20-14-. The maximum atomic E-state index is 13.2. The van der Waals surface area contributed by atoms with E-state index >= 15 is 0 Å². The number of hydrogen-bond donors (Lipinski definition) is 1. The smallest absolute Gasteiger partial charge is 0.191 e. The van der Waals surface area contributed by atoms with Crippen LogP contribution in [0.1, 0.15) is 27.6 Å². The van der Waals surface area contributed by atoms with Gasteiger partial charge in [-0.05, 0) is 53.6 Å². The largest absolute Gasteiger partial charge is 0.384 e. The SMILES string of the molecule is O=C(/C(=C\c1ccccc1)C(O)c1ccc(F)cc1)c1ccc(F)cc1. The quantitative estimate of drug-likeness (QED) is 0.521. The van der Waals surface area contributed by atoms with Crippen LogP contribution in [0, 0.1) is 11.6 Å². The molecule has 3 rings (SSSR count). The van der Waals surface area contributed by atoms with Gasteiger partial charge in [-0.25, -0.2) is 8.78 Å². The summed E-state index contributed by atoms with van der Waals surface area (Å²) in [6, 6.07) is 19.5. The van der Waals surface area contributed by atoms with Crippen LogP contribution in [0.15, 0.2) is 84.4 Å². The van der Waals surface area contributed by atoms with E-state index in [1.807, 2.05) is 18.2 Å². The van der Waals surface area contributed by atoms with Crippen LogP contribution in [0.4, 0.5) is 8.78 Å². The first-order chi connectivity index (χ1) is 12.5. The summed E-state index contributed by atoms with van der Waals surface area (Å²) >= 11 is 0. The molecule has 0 amide bonds. The predicted octanol–water partition coefficient (Wildman–Crippen LogP) is 4.96. The minimum atomic E-state index is -1.24. The molecule has 130 valence electrons. The number of hydrogen-bond acceptors (Lipinski definition) is 2. The number of ketones is 1. The maximum Gasteiger partial charge on any atom is 0.191 e. The van der Waals surface area contributed by atoms with E-state index in [9.17, 15) is 18.7 Å². The molecule has 4 heteroatoms. The normalized spacial score (nSPS) is 12.7. The molecule has 0 radical (unpaired) electrons. The van der Waals surface area contributed by atoms with E-state index < -0.39 is 23.5 Å². The Bertz CT molecular complexity index is 915. The molecule has 0 aromatic heterocycles. The van der Waals surface area contributed by atoms with Crippen molar-refractivity contribution in [2.75, 3.05) is 0 Å². The van der Waals surface area contributed by atoms with Gasteiger partial charge in [0.1, 0.15) is 17.7 Å². The van der Waals surface area contributed by atoms with Crippen molar-refractivity contribution in [3.63, 3.8) is 0 Å². The summed E-state index contributed by atoms with van der Waals surface area (Å²) < 4.78 is 26.3. The van der Waals surface area contributed by atoms with Crippen molar-refractivity contribution in [2.24, 2.45) is 0 Å². The second-order valence-corrected chi connectivity index (χ2v) is 5.80. The molecular formula is C22H16F2O2. The molecule has 0 aliphatic carbocycles. The summed E-state index contributed by atoms with van der Waals surface area (Å²) in [7, 11) is 0. The van der Waals surface area contributed by atoms with Gasteiger partial charge in [0.2, 0.25) is 0 Å². The Morgan fingerprint density at radius 1 is 0.808 bits per heavy atom. The minimum absolute atomic E-state index is 0.120. The lowest BCUT2D eigenvalue weighted by molar-refractivity contribution is 0.0989. The van der Waals surface area contributed by atoms with E-state index in [0.717, 1.165) is 5.56 Å². The first-order valence-corrected chi connectivity index (χ1v) is 8.05. The van der Waals surface area contributed by atoms with Crippen LogP contribution in [0.2, 0.25) is 0 Å². The van der Waals surface area contributed by atoms with Gasteiger partial charge in [0.15, 0.2) is 5.78 Å². The van der Waals surface area contributed by atoms with Crippen LogP contribution in [0.5, 0.6) is 0 Å². The number of aliphatic hydroxyl groups excluding tert-OH is 1. The molecule has 2 nitrogen and oxygen atoms in total. The Labute approximate surface area is 150 Å². The molecule has 1 N–H and O–H groups in total. The number of rotatable bonds is 5. The number of carbonyl (C=O) groups excluding carboxylic acids is 1.